The van der Waals surface area contributed by atoms with Gasteiger partial charge in [0.15, 0.2) is 0 Å². The van der Waals surface area contributed by atoms with E-state index in [1.165, 1.54) is 12.1 Å². The summed E-state index contributed by atoms with van der Waals surface area (Å²) in [6, 6.07) is 0. The van der Waals surface area contributed by atoms with Crippen molar-refractivity contribution in [1.29, 1.82) is 0 Å². The van der Waals surface area contributed by atoms with Crippen LogP contribution in [0.1, 0.15) is 19.0 Å². The Labute approximate surface area is 95.8 Å². The van der Waals surface area contributed by atoms with Gasteiger partial charge in [0, 0.05) is 18.5 Å². The number of aromatic nitrogens is 1. The molecule has 2 nitrogen and oxygen atoms in total. The molecule has 0 amide bonds. The van der Waals surface area contributed by atoms with Crippen LogP contribution in [-0.4, -0.2) is 29.2 Å². The summed E-state index contributed by atoms with van der Waals surface area (Å²) >= 11 is 6.00. The van der Waals surface area contributed by atoms with Gasteiger partial charge < -0.3 is 4.90 Å². The molecule has 0 N–H and O–H groups in total. The van der Waals surface area contributed by atoms with Crippen molar-refractivity contribution < 1.29 is 0 Å². The Morgan fingerprint density at radius 2 is 2.43 bits per heavy atom. The van der Waals surface area contributed by atoms with E-state index in [1.807, 2.05) is 5.51 Å². The molecule has 1 unspecified atom stereocenters. The minimum Gasteiger partial charge on any atom is -0.300 e. The second kappa shape index (κ2) is 6.43. The van der Waals surface area contributed by atoms with E-state index in [4.69, 9.17) is 0 Å². The molecule has 4 heteroatoms. The fourth-order valence-corrected chi connectivity index (χ4v) is 2.34. The van der Waals surface area contributed by atoms with Crippen LogP contribution in [0.25, 0.3) is 0 Å². The number of rotatable bonds is 6. The average molecular weight is 230 g/mol. The average Bonchev–Trinajstić information content (AvgIpc) is 2.66. The molecule has 1 aromatic heterocycles. The van der Waals surface area contributed by atoms with Crippen LogP contribution in [-0.2, 0) is 6.54 Å². The number of thiol groups is 1. The highest BCUT2D eigenvalue weighted by Crippen LogP contribution is 2.09. The third-order valence-corrected chi connectivity index (χ3v) is 3.47. The van der Waals surface area contributed by atoms with Gasteiger partial charge in [-0.15, -0.1) is 11.3 Å². The predicted octanol–water partition coefficient (Wildman–Crippen LogP) is 2.53. The number of nitrogens with zero attached hydrogens (tertiary/aromatic N) is 2. The second-order valence-electron chi connectivity index (χ2n) is 3.63. The zero-order valence-corrected chi connectivity index (χ0v) is 10.5. The second-order valence-corrected chi connectivity index (χ2v) is 4.72. The Morgan fingerprint density at radius 3 is 2.93 bits per heavy atom. The van der Waals surface area contributed by atoms with Crippen molar-refractivity contribution in [2.24, 2.45) is 5.92 Å². The van der Waals surface area contributed by atoms with Crippen LogP contribution in [0.3, 0.4) is 0 Å². The topological polar surface area (TPSA) is 16.1 Å². The van der Waals surface area contributed by atoms with Crippen molar-refractivity contribution in [3.8, 4) is 0 Å². The summed E-state index contributed by atoms with van der Waals surface area (Å²) in [5, 5.41) is 2.11. The van der Waals surface area contributed by atoms with Crippen LogP contribution in [0.15, 0.2) is 10.9 Å². The van der Waals surface area contributed by atoms with Crippen molar-refractivity contribution in [2.45, 2.75) is 19.9 Å². The quantitative estimate of drug-likeness (QED) is 0.756. The molecule has 1 atom stereocenters. The lowest BCUT2D eigenvalue weighted by Gasteiger charge is -2.20. The molecule has 0 saturated carbocycles. The first-order valence-corrected chi connectivity index (χ1v) is 6.50. The summed E-state index contributed by atoms with van der Waals surface area (Å²) in [4.78, 5) is 6.59. The SMILES string of the molecule is CCC(CS)CN(C)Cc1cscn1. The van der Waals surface area contributed by atoms with E-state index in [-0.39, 0.29) is 0 Å². The van der Waals surface area contributed by atoms with E-state index >= 15 is 0 Å². The third kappa shape index (κ3) is 3.98. The highest BCUT2D eigenvalue weighted by molar-refractivity contribution is 7.80. The number of hydrogen-bond acceptors (Lipinski definition) is 4. The zero-order valence-electron chi connectivity index (χ0n) is 8.81. The summed E-state index contributed by atoms with van der Waals surface area (Å²) < 4.78 is 0. The van der Waals surface area contributed by atoms with Gasteiger partial charge in [0.1, 0.15) is 0 Å². The van der Waals surface area contributed by atoms with Crippen LogP contribution in [0.4, 0.5) is 0 Å². The highest BCUT2D eigenvalue weighted by Gasteiger charge is 2.08. The molecular formula is C10H18N2S2. The van der Waals surface area contributed by atoms with Gasteiger partial charge in [0.25, 0.3) is 0 Å². The maximum absolute atomic E-state index is 4.34. The Bertz CT molecular complexity index is 232. The Hall–Kier alpha value is -0.0600. The van der Waals surface area contributed by atoms with Crippen LogP contribution in [0, 0.1) is 5.92 Å². The lowest BCUT2D eigenvalue weighted by Crippen LogP contribution is -2.26. The van der Waals surface area contributed by atoms with Crippen LogP contribution >= 0.6 is 24.0 Å². The molecule has 0 bridgehead atoms. The van der Waals surface area contributed by atoms with Gasteiger partial charge in [-0.05, 0) is 18.7 Å². The standard InChI is InChI=1S/C10H18N2S2/c1-3-9(6-13)4-12(2)5-10-7-14-8-11-10/h7-9,13H,3-6H2,1-2H3. The van der Waals surface area contributed by atoms with Gasteiger partial charge in [-0.25, -0.2) is 4.98 Å². The smallest absolute Gasteiger partial charge is 0.0795 e. The zero-order chi connectivity index (χ0) is 10.4. The summed E-state index contributed by atoms with van der Waals surface area (Å²) in [5.41, 5.74) is 3.06. The maximum Gasteiger partial charge on any atom is 0.0795 e. The lowest BCUT2D eigenvalue weighted by molar-refractivity contribution is 0.275. The summed E-state index contributed by atoms with van der Waals surface area (Å²) in [5.74, 6) is 1.67. The van der Waals surface area contributed by atoms with Gasteiger partial charge in [0.2, 0.25) is 0 Å². The molecule has 0 aliphatic carbocycles. The molecule has 1 rings (SSSR count). The molecule has 0 aliphatic rings. The van der Waals surface area contributed by atoms with Gasteiger partial charge in [-0.3, -0.25) is 0 Å². The molecule has 0 aliphatic heterocycles. The largest absolute Gasteiger partial charge is 0.300 e. The maximum atomic E-state index is 4.34. The molecule has 1 aromatic rings. The van der Waals surface area contributed by atoms with Crippen molar-refractivity contribution in [3.63, 3.8) is 0 Å². The van der Waals surface area contributed by atoms with Gasteiger partial charge in [0.05, 0.1) is 11.2 Å². The first-order chi connectivity index (χ1) is 6.76. The minimum atomic E-state index is 0.696. The van der Waals surface area contributed by atoms with E-state index in [1.54, 1.807) is 11.3 Å². The van der Waals surface area contributed by atoms with Gasteiger partial charge in [-0.1, -0.05) is 13.3 Å². The highest BCUT2D eigenvalue weighted by atomic mass is 32.1. The van der Waals surface area contributed by atoms with Gasteiger partial charge in [-0.2, -0.15) is 12.6 Å². The van der Waals surface area contributed by atoms with Crippen molar-refractivity contribution >= 4 is 24.0 Å². The van der Waals surface area contributed by atoms with Crippen molar-refractivity contribution in [2.75, 3.05) is 19.3 Å². The summed E-state index contributed by atoms with van der Waals surface area (Å²) in [7, 11) is 2.14. The normalized spacial score (nSPS) is 13.4. The lowest BCUT2D eigenvalue weighted by atomic mass is 10.1. The molecule has 0 fully saturated rings. The van der Waals surface area contributed by atoms with E-state index in [0.29, 0.717) is 5.92 Å². The van der Waals surface area contributed by atoms with Crippen molar-refractivity contribution in [3.05, 3.63) is 16.6 Å². The van der Waals surface area contributed by atoms with Crippen molar-refractivity contribution in [1.82, 2.24) is 9.88 Å². The third-order valence-electron chi connectivity index (χ3n) is 2.32. The number of hydrogen-bond donors (Lipinski definition) is 1. The van der Waals surface area contributed by atoms with Crippen LogP contribution in [0.5, 0.6) is 0 Å². The Balaban J connectivity index is 2.31. The molecule has 0 aromatic carbocycles. The monoisotopic (exact) mass is 230 g/mol. The van der Waals surface area contributed by atoms with E-state index in [9.17, 15) is 0 Å². The minimum absolute atomic E-state index is 0.696. The Kier molecular flexibility index (Phi) is 5.52. The predicted molar refractivity (Wildman–Crippen MR) is 66.1 cm³/mol. The van der Waals surface area contributed by atoms with Crippen LogP contribution in [0.2, 0.25) is 0 Å². The summed E-state index contributed by atoms with van der Waals surface area (Å²) in [6.07, 6.45) is 1.20. The molecular weight excluding hydrogens is 212 g/mol. The van der Waals surface area contributed by atoms with Gasteiger partial charge >= 0.3 is 0 Å². The Morgan fingerprint density at radius 1 is 1.64 bits per heavy atom. The molecule has 14 heavy (non-hydrogen) atoms. The molecule has 0 radical (unpaired) electrons. The van der Waals surface area contributed by atoms with E-state index in [2.05, 4.69) is 41.9 Å². The van der Waals surface area contributed by atoms with E-state index in [0.717, 1.165) is 18.8 Å². The number of thiazole rings is 1. The first kappa shape index (κ1) is 12.0. The summed E-state index contributed by atoms with van der Waals surface area (Å²) in [6.45, 7) is 4.28. The molecule has 80 valence electrons. The molecule has 0 spiro atoms. The molecule has 1 heterocycles. The van der Waals surface area contributed by atoms with E-state index < -0.39 is 0 Å². The fourth-order valence-electron chi connectivity index (χ4n) is 1.41. The first-order valence-electron chi connectivity index (χ1n) is 4.92. The van der Waals surface area contributed by atoms with Crippen LogP contribution < -0.4 is 0 Å². The molecule has 0 saturated heterocycles. The fraction of sp³-hybridized carbons (Fsp3) is 0.700.